The van der Waals surface area contributed by atoms with Crippen molar-refractivity contribution in [2.45, 2.75) is 83.9 Å². The molecule has 1 atom stereocenters. The highest BCUT2D eigenvalue weighted by atomic mass is 32.2. The summed E-state index contributed by atoms with van der Waals surface area (Å²) in [5.41, 5.74) is 3.59. The number of aromatic nitrogens is 4. The standard InChI is InChI=1S/C35H40N6O5S/c1-22(2)46-27-18-36-30(37-19-27)20-41-26(17-35(5)13-8-14-35)21-45-31-16-29(32-23(3)9-6-10-24(32)4)38-34(39-31)40-47(43,44)28-12-7-11-25(15-28)33(41)42/h6-7,9-12,15-16,18-19,22,26H,8,13-14,17,20-21H2,1-5H3,(H,38,39,40)/t26-/m1/s1. The van der Waals surface area contributed by atoms with Crippen molar-refractivity contribution in [3.05, 3.63) is 83.4 Å². The number of hydrogen-bond donors (Lipinski definition) is 1. The normalized spacial score (nSPS) is 18.6. The second-order valence-corrected chi connectivity index (χ2v) is 14.8. The van der Waals surface area contributed by atoms with E-state index in [4.69, 9.17) is 9.47 Å². The Labute approximate surface area is 275 Å². The van der Waals surface area contributed by atoms with Gasteiger partial charge in [-0.1, -0.05) is 37.6 Å². The molecule has 0 saturated heterocycles. The SMILES string of the molecule is Cc1cccc(C)c1-c1cc2nc(n1)NS(=O)(=O)c1cccc(c1)C(=O)N(Cc1ncc(OC(C)C)cn1)[C@H](CC1(C)CCC1)CO2. The van der Waals surface area contributed by atoms with Crippen molar-refractivity contribution >= 4 is 21.9 Å². The Morgan fingerprint density at radius 2 is 1.74 bits per heavy atom. The van der Waals surface area contributed by atoms with Crippen LogP contribution in [0.3, 0.4) is 0 Å². The highest BCUT2D eigenvalue weighted by molar-refractivity contribution is 7.92. The summed E-state index contributed by atoms with van der Waals surface area (Å²) < 4.78 is 41.9. The molecule has 4 bridgehead atoms. The first-order valence-electron chi connectivity index (χ1n) is 15.9. The number of nitrogens with zero attached hydrogens (tertiary/aromatic N) is 5. The Morgan fingerprint density at radius 3 is 2.40 bits per heavy atom. The number of fused-ring (bicyclic) bond motifs is 4. The first-order chi connectivity index (χ1) is 22.4. The van der Waals surface area contributed by atoms with Crippen LogP contribution in [0.1, 0.15) is 73.8 Å². The van der Waals surface area contributed by atoms with Gasteiger partial charge in [0.05, 0.1) is 41.7 Å². The molecule has 2 aliphatic rings. The van der Waals surface area contributed by atoms with Crippen LogP contribution < -0.4 is 14.2 Å². The molecule has 0 unspecified atom stereocenters. The summed E-state index contributed by atoms with van der Waals surface area (Å²) in [5.74, 6) is 0.690. The molecule has 11 nitrogen and oxygen atoms in total. The molecule has 1 aliphatic carbocycles. The van der Waals surface area contributed by atoms with Crippen LogP contribution >= 0.6 is 0 Å². The van der Waals surface area contributed by atoms with Gasteiger partial charge >= 0.3 is 0 Å². The molecule has 1 N–H and O–H groups in total. The van der Waals surface area contributed by atoms with E-state index >= 15 is 0 Å². The molecule has 6 rings (SSSR count). The molecule has 2 aromatic carbocycles. The summed E-state index contributed by atoms with van der Waals surface area (Å²) in [6.07, 6.45) is 7.03. The zero-order chi connectivity index (χ0) is 33.3. The van der Waals surface area contributed by atoms with Crippen molar-refractivity contribution in [1.82, 2.24) is 24.8 Å². The van der Waals surface area contributed by atoms with Crippen molar-refractivity contribution in [3.63, 3.8) is 0 Å². The van der Waals surface area contributed by atoms with E-state index in [9.17, 15) is 13.2 Å². The third kappa shape index (κ3) is 7.22. The monoisotopic (exact) mass is 656 g/mol. The number of rotatable bonds is 7. The summed E-state index contributed by atoms with van der Waals surface area (Å²) >= 11 is 0. The van der Waals surface area contributed by atoms with Crippen molar-refractivity contribution in [2.75, 3.05) is 11.3 Å². The zero-order valence-electron chi connectivity index (χ0n) is 27.4. The number of sulfonamides is 1. The van der Waals surface area contributed by atoms with Crippen LogP contribution in [0.25, 0.3) is 11.3 Å². The summed E-state index contributed by atoms with van der Waals surface area (Å²) in [5, 5.41) is 0. The maximum Gasteiger partial charge on any atom is 0.264 e. The maximum atomic E-state index is 14.4. The molecule has 3 heterocycles. The van der Waals surface area contributed by atoms with E-state index in [1.165, 1.54) is 12.1 Å². The fourth-order valence-corrected chi connectivity index (χ4v) is 7.29. The van der Waals surface area contributed by atoms with E-state index in [0.717, 1.165) is 36.0 Å². The molecule has 1 amide bonds. The summed E-state index contributed by atoms with van der Waals surface area (Å²) in [6, 6.07) is 13.2. The van der Waals surface area contributed by atoms with Crippen LogP contribution in [-0.2, 0) is 16.6 Å². The van der Waals surface area contributed by atoms with Gasteiger partial charge in [0, 0.05) is 17.2 Å². The number of hydrogen-bond acceptors (Lipinski definition) is 9. The van der Waals surface area contributed by atoms with Gasteiger partial charge in [0.2, 0.25) is 11.8 Å². The van der Waals surface area contributed by atoms with E-state index in [2.05, 4.69) is 31.6 Å². The third-order valence-corrected chi connectivity index (χ3v) is 10.2. The fraction of sp³-hybridized carbons (Fsp3) is 0.400. The van der Waals surface area contributed by atoms with Crippen LogP contribution in [0.4, 0.5) is 5.95 Å². The van der Waals surface area contributed by atoms with Gasteiger partial charge in [-0.05, 0) is 81.7 Å². The van der Waals surface area contributed by atoms with Gasteiger partial charge in [0.15, 0.2) is 5.75 Å². The van der Waals surface area contributed by atoms with Crippen LogP contribution in [0, 0.1) is 19.3 Å². The van der Waals surface area contributed by atoms with Crippen molar-refractivity contribution in [2.24, 2.45) is 5.41 Å². The first-order valence-corrected chi connectivity index (χ1v) is 17.4. The maximum absolute atomic E-state index is 14.4. The molecular formula is C35H40N6O5S. The number of ether oxygens (including phenoxy) is 2. The van der Waals surface area contributed by atoms with Crippen LogP contribution in [-0.4, -0.2) is 57.9 Å². The van der Waals surface area contributed by atoms with Crippen molar-refractivity contribution < 1.29 is 22.7 Å². The van der Waals surface area contributed by atoms with Gasteiger partial charge in [-0.15, -0.1) is 0 Å². The van der Waals surface area contributed by atoms with Crippen LogP contribution in [0.15, 0.2) is 65.8 Å². The lowest BCUT2D eigenvalue weighted by atomic mass is 9.67. The van der Waals surface area contributed by atoms with Gasteiger partial charge in [-0.3, -0.25) is 4.79 Å². The Bertz CT molecular complexity index is 1870. The molecule has 0 radical (unpaired) electrons. The Morgan fingerprint density at radius 1 is 1.04 bits per heavy atom. The second kappa shape index (κ2) is 12.9. The summed E-state index contributed by atoms with van der Waals surface area (Å²) in [6.45, 7) is 10.2. The smallest absolute Gasteiger partial charge is 0.264 e. The number of benzene rings is 2. The first kappa shape index (κ1) is 32.4. The lowest BCUT2D eigenvalue weighted by Crippen LogP contribution is -2.47. The Kier molecular flexibility index (Phi) is 8.88. The molecule has 12 heteroatoms. The minimum atomic E-state index is -4.17. The molecule has 4 aromatic rings. The average Bonchev–Trinajstić information content (AvgIpc) is 3.01. The Balaban J connectivity index is 1.46. The van der Waals surface area contributed by atoms with Crippen LogP contribution in [0.2, 0.25) is 0 Å². The second-order valence-electron chi connectivity index (χ2n) is 13.1. The van der Waals surface area contributed by atoms with Gasteiger partial charge in [-0.25, -0.2) is 28.1 Å². The molecule has 246 valence electrons. The highest BCUT2D eigenvalue weighted by Gasteiger charge is 2.38. The molecule has 47 heavy (non-hydrogen) atoms. The number of carbonyl (C=O) groups is 1. The number of nitrogens with one attached hydrogen (secondary N) is 1. The predicted octanol–water partition coefficient (Wildman–Crippen LogP) is 6.12. The van der Waals surface area contributed by atoms with E-state index in [0.29, 0.717) is 23.7 Å². The topological polar surface area (TPSA) is 136 Å². The van der Waals surface area contributed by atoms with E-state index < -0.39 is 16.1 Å². The molecule has 1 saturated carbocycles. The van der Waals surface area contributed by atoms with Gasteiger partial charge in [0.25, 0.3) is 15.9 Å². The predicted molar refractivity (Wildman–Crippen MR) is 178 cm³/mol. The van der Waals surface area contributed by atoms with Crippen molar-refractivity contribution in [3.8, 4) is 22.9 Å². The van der Waals surface area contributed by atoms with Crippen LogP contribution in [0.5, 0.6) is 11.6 Å². The highest BCUT2D eigenvalue weighted by Crippen LogP contribution is 2.45. The largest absolute Gasteiger partial charge is 0.488 e. The van der Waals surface area contributed by atoms with Gasteiger partial charge in [0.1, 0.15) is 12.4 Å². The lowest BCUT2D eigenvalue weighted by molar-refractivity contribution is 0.0345. The summed E-state index contributed by atoms with van der Waals surface area (Å²) in [4.78, 5) is 34.1. The molecule has 1 aliphatic heterocycles. The third-order valence-electron chi connectivity index (χ3n) is 8.84. The number of anilines is 1. The average molecular weight is 657 g/mol. The minimum Gasteiger partial charge on any atom is -0.488 e. The molecular weight excluding hydrogens is 616 g/mol. The lowest BCUT2D eigenvalue weighted by Gasteiger charge is -2.43. The fourth-order valence-electron chi connectivity index (χ4n) is 6.30. The zero-order valence-corrected chi connectivity index (χ0v) is 28.2. The Hall–Kier alpha value is -4.58. The number of aryl methyl sites for hydroxylation is 2. The van der Waals surface area contributed by atoms with Gasteiger partial charge in [-0.2, -0.15) is 4.98 Å². The quantitative estimate of drug-likeness (QED) is 0.249. The molecule has 0 spiro atoms. The van der Waals surface area contributed by atoms with Crippen molar-refractivity contribution in [1.29, 1.82) is 0 Å². The van der Waals surface area contributed by atoms with Gasteiger partial charge < -0.3 is 14.4 Å². The number of carbonyl (C=O) groups excluding carboxylic acids is 1. The minimum absolute atomic E-state index is 0.0172. The van der Waals surface area contributed by atoms with E-state index in [1.54, 1.807) is 35.5 Å². The van der Waals surface area contributed by atoms with E-state index in [1.807, 2.05) is 45.9 Å². The molecule has 2 aromatic heterocycles. The number of amides is 1. The van der Waals surface area contributed by atoms with E-state index in [-0.39, 0.29) is 52.9 Å². The summed E-state index contributed by atoms with van der Waals surface area (Å²) in [7, 11) is -4.17. The molecule has 1 fully saturated rings.